The van der Waals surface area contributed by atoms with Crippen LogP contribution in [-0.2, 0) is 0 Å². The molecule has 1 aliphatic heterocycles. The van der Waals surface area contributed by atoms with E-state index in [4.69, 9.17) is 5.26 Å². The lowest BCUT2D eigenvalue weighted by atomic mass is 10.2. The van der Waals surface area contributed by atoms with E-state index in [1.54, 1.807) is 6.20 Å². The number of pyridine rings is 1. The highest BCUT2D eigenvalue weighted by molar-refractivity contribution is 7.14. The van der Waals surface area contributed by atoms with Crippen LogP contribution in [0.15, 0.2) is 12.4 Å². The molecule has 0 saturated carbocycles. The molecule has 0 radical (unpaired) electrons. The first kappa shape index (κ1) is 9.55. The first-order chi connectivity index (χ1) is 7.90. The number of aromatic nitrogens is 2. The number of hydrogen-bond donors (Lipinski definition) is 0. The van der Waals surface area contributed by atoms with Gasteiger partial charge < -0.3 is 4.90 Å². The van der Waals surface area contributed by atoms with E-state index < -0.39 is 0 Å². The van der Waals surface area contributed by atoms with Gasteiger partial charge >= 0.3 is 0 Å². The lowest BCUT2D eigenvalue weighted by Crippen LogP contribution is -2.17. The maximum Gasteiger partial charge on any atom is 0.150 e. The molecule has 16 heavy (non-hydrogen) atoms. The average molecular weight is 230 g/mol. The molecule has 80 valence electrons. The lowest BCUT2D eigenvalue weighted by Gasteiger charge is -2.17. The molecule has 0 spiro atoms. The first-order valence-electron chi connectivity index (χ1n) is 5.28. The van der Waals surface area contributed by atoms with E-state index in [1.165, 1.54) is 24.4 Å². The summed E-state index contributed by atoms with van der Waals surface area (Å²) in [6.07, 6.45) is 6.02. The van der Waals surface area contributed by atoms with Gasteiger partial charge in [0.05, 0.1) is 28.2 Å². The summed E-state index contributed by atoms with van der Waals surface area (Å²) in [7, 11) is 0. The molecule has 5 heteroatoms. The Bertz CT molecular complexity index is 563. The highest BCUT2D eigenvalue weighted by Crippen LogP contribution is 2.32. The van der Waals surface area contributed by atoms with Crippen molar-refractivity contribution in [2.45, 2.75) is 12.8 Å². The van der Waals surface area contributed by atoms with Crippen molar-refractivity contribution in [3.05, 3.63) is 18.1 Å². The van der Waals surface area contributed by atoms with Crippen molar-refractivity contribution in [1.29, 1.82) is 5.26 Å². The molecule has 1 fully saturated rings. The van der Waals surface area contributed by atoms with E-state index in [9.17, 15) is 0 Å². The van der Waals surface area contributed by atoms with Gasteiger partial charge in [-0.1, -0.05) is 0 Å². The van der Waals surface area contributed by atoms with Crippen LogP contribution in [0.1, 0.15) is 18.5 Å². The minimum atomic E-state index is 0.478. The quantitative estimate of drug-likeness (QED) is 0.753. The lowest BCUT2D eigenvalue weighted by molar-refractivity contribution is 0.949. The standard InChI is InChI=1S/C11H10N4S/c12-5-9-8-6-14-16-11(8)10(7-13-9)15-3-1-2-4-15/h6-7H,1-4H2. The third kappa shape index (κ3) is 1.34. The Kier molecular flexibility index (Phi) is 2.22. The molecule has 0 N–H and O–H groups in total. The molecule has 2 aromatic heterocycles. The minimum absolute atomic E-state index is 0.478. The normalized spacial score (nSPS) is 15.6. The van der Waals surface area contributed by atoms with E-state index >= 15 is 0 Å². The number of nitriles is 1. The fraction of sp³-hybridized carbons (Fsp3) is 0.364. The van der Waals surface area contributed by atoms with Crippen LogP contribution in [0.5, 0.6) is 0 Å². The van der Waals surface area contributed by atoms with E-state index in [-0.39, 0.29) is 0 Å². The second-order valence-electron chi connectivity index (χ2n) is 3.87. The number of fused-ring (bicyclic) bond motifs is 1. The minimum Gasteiger partial charge on any atom is -0.369 e. The van der Waals surface area contributed by atoms with E-state index in [1.807, 2.05) is 6.20 Å². The monoisotopic (exact) mass is 230 g/mol. The Morgan fingerprint density at radius 2 is 2.12 bits per heavy atom. The van der Waals surface area contributed by atoms with Crippen molar-refractivity contribution in [2.24, 2.45) is 0 Å². The molecule has 4 nitrogen and oxygen atoms in total. The molecule has 3 heterocycles. The van der Waals surface area contributed by atoms with E-state index in [2.05, 4.69) is 20.3 Å². The molecule has 0 atom stereocenters. The van der Waals surface area contributed by atoms with Gasteiger partial charge in [-0.15, -0.1) is 0 Å². The molecule has 0 bridgehead atoms. The van der Waals surface area contributed by atoms with Gasteiger partial charge in [0.25, 0.3) is 0 Å². The molecule has 1 saturated heterocycles. The van der Waals surface area contributed by atoms with E-state index in [0.29, 0.717) is 5.69 Å². The summed E-state index contributed by atoms with van der Waals surface area (Å²) >= 11 is 1.45. The van der Waals surface area contributed by atoms with Crippen LogP contribution in [0.2, 0.25) is 0 Å². The van der Waals surface area contributed by atoms with Crippen LogP contribution in [0.3, 0.4) is 0 Å². The Labute approximate surface area is 97.3 Å². The summed E-state index contributed by atoms with van der Waals surface area (Å²) < 4.78 is 5.26. The van der Waals surface area contributed by atoms with Crippen molar-refractivity contribution in [3.8, 4) is 6.07 Å². The molecule has 1 aliphatic rings. The predicted molar refractivity (Wildman–Crippen MR) is 63.6 cm³/mol. The van der Waals surface area contributed by atoms with Crippen LogP contribution in [0.4, 0.5) is 5.69 Å². The fourth-order valence-corrected chi connectivity index (χ4v) is 2.91. The number of rotatable bonds is 1. The zero-order valence-electron chi connectivity index (χ0n) is 8.68. The van der Waals surface area contributed by atoms with Crippen molar-refractivity contribution in [3.63, 3.8) is 0 Å². The SMILES string of the molecule is N#Cc1ncc(N2CCCC2)c2sncc12. The Balaban J connectivity index is 2.19. The van der Waals surface area contributed by atoms with Gasteiger partial charge in [0, 0.05) is 13.1 Å². The fourth-order valence-electron chi connectivity index (χ4n) is 2.12. The van der Waals surface area contributed by atoms with Crippen LogP contribution in [0, 0.1) is 11.3 Å². The zero-order chi connectivity index (χ0) is 11.0. The zero-order valence-corrected chi connectivity index (χ0v) is 9.50. The van der Waals surface area contributed by atoms with Crippen LogP contribution >= 0.6 is 11.5 Å². The summed E-state index contributed by atoms with van der Waals surface area (Å²) in [5.41, 5.74) is 1.61. The second-order valence-corrected chi connectivity index (χ2v) is 4.67. The van der Waals surface area contributed by atoms with Crippen molar-refractivity contribution in [2.75, 3.05) is 18.0 Å². The van der Waals surface area contributed by atoms with Gasteiger partial charge in [0.15, 0.2) is 5.69 Å². The highest BCUT2D eigenvalue weighted by Gasteiger charge is 2.18. The second kappa shape index (κ2) is 3.72. The van der Waals surface area contributed by atoms with Crippen molar-refractivity contribution in [1.82, 2.24) is 9.36 Å². The van der Waals surface area contributed by atoms with Gasteiger partial charge in [-0.25, -0.2) is 4.98 Å². The summed E-state index contributed by atoms with van der Waals surface area (Å²) in [4.78, 5) is 6.53. The molecule has 0 amide bonds. The molecule has 3 rings (SSSR count). The number of nitrogens with zero attached hydrogens (tertiary/aromatic N) is 4. The molecular formula is C11H10N4S. The largest absolute Gasteiger partial charge is 0.369 e. The third-order valence-corrected chi connectivity index (χ3v) is 3.75. The number of hydrogen-bond acceptors (Lipinski definition) is 5. The van der Waals surface area contributed by atoms with Gasteiger partial charge in [0.2, 0.25) is 0 Å². The summed E-state index contributed by atoms with van der Waals surface area (Å²) in [6, 6.07) is 2.11. The van der Waals surface area contributed by atoms with Crippen LogP contribution in [-0.4, -0.2) is 22.4 Å². The van der Waals surface area contributed by atoms with Crippen LogP contribution in [0.25, 0.3) is 10.1 Å². The topological polar surface area (TPSA) is 52.8 Å². The van der Waals surface area contributed by atoms with Crippen molar-refractivity contribution >= 4 is 27.3 Å². The van der Waals surface area contributed by atoms with E-state index in [0.717, 1.165) is 28.9 Å². The summed E-state index contributed by atoms with van der Waals surface area (Å²) in [5, 5.41) is 9.85. The molecule has 0 aromatic carbocycles. The Morgan fingerprint density at radius 1 is 1.31 bits per heavy atom. The van der Waals surface area contributed by atoms with Crippen molar-refractivity contribution < 1.29 is 0 Å². The molecule has 0 aliphatic carbocycles. The summed E-state index contributed by atoms with van der Waals surface area (Å²) in [6.45, 7) is 2.17. The maximum atomic E-state index is 8.96. The highest BCUT2D eigenvalue weighted by atomic mass is 32.1. The molecular weight excluding hydrogens is 220 g/mol. The molecule has 2 aromatic rings. The molecule has 0 unspecified atom stereocenters. The van der Waals surface area contributed by atoms with Gasteiger partial charge in [-0.3, -0.25) is 0 Å². The smallest absolute Gasteiger partial charge is 0.150 e. The van der Waals surface area contributed by atoms with Gasteiger partial charge in [0.1, 0.15) is 6.07 Å². The van der Waals surface area contributed by atoms with Gasteiger partial charge in [-0.2, -0.15) is 9.64 Å². The van der Waals surface area contributed by atoms with Crippen LogP contribution < -0.4 is 4.90 Å². The average Bonchev–Trinajstić information content (AvgIpc) is 2.98. The Morgan fingerprint density at radius 3 is 2.88 bits per heavy atom. The number of anilines is 1. The van der Waals surface area contributed by atoms with Gasteiger partial charge in [-0.05, 0) is 24.4 Å². The predicted octanol–water partition coefficient (Wildman–Crippen LogP) is 2.16. The first-order valence-corrected chi connectivity index (χ1v) is 6.06. The third-order valence-electron chi connectivity index (χ3n) is 2.93. The Hall–Kier alpha value is -1.67. The maximum absolute atomic E-state index is 8.96. The summed E-state index contributed by atoms with van der Waals surface area (Å²) in [5.74, 6) is 0.